The van der Waals surface area contributed by atoms with Gasteiger partial charge in [-0.3, -0.25) is 0 Å². The minimum atomic E-state index is 0.552. The number of rotatable bonds is 3. The van der Waals surface area contributed by atoms with Crippen molar-refractivity contribution in [3.05, 3.63) is 17.7 Å². The number of nitrogens with two attached hydrogens (primary N) is 1. The van der Waals surface area contributed by atoms with Gasteiger partial charge in [-0.1, -0.05) is 0 Å². The highest BCUT2D eigenvalue weighted by molar-refractivity contribution is 5.06. The molecule has 1 aromatic rings. The molecule has 0 radical (unpaired) electrons. The zero-order chi connectivity index (χ0) is 9.10. The molecule has 0 saturated carbocycles. The van der Waals surface area contributed by atoms with E-state index in [0.29, 0.717) is 6.61 Å². The summed E-state index contributed by atoms with van der Waals surface area (Å²) < 4.78 is 2.25. The topological polar surface area (TPSA) is 53.1 Å². The first-order chi connectivity index (χ1) is 6.40. The van der Waals surface area contributed by atoms with Gasteiger partial charge in [-0.15, -0.1) is 0 Å². The number of hydrogen-bond acceptors (Lipinski definition) is 3. The molecule has 1 aliphatic heterocycles. The fourth-order valence-corrected chi connectivity index (χ4v) is 1.76. The molecule has 2 heterocycles. The molecule has 0 aromatic carbocycles. The Morgan fingerprint density at radius 3 is 3.23 bits per heavy atom. The van der Waals surface area contributed by atoms with Crippen molar-refractivity contribution in [2.24, 2.45) is 5.90 Å². The number of fused-ring (bicyclic) bond motifs is 1. The van der Waals surface area contributed by atoms with Gasteiger partial charge in [-0.05, 0) is 12.8 Å². The maximum absolute atomic E-state index is 4.96. The first-order valence-electron chi connectivity index (χ1n) is 4.77. The lowest BCUT2D eigenvalue weighted by molar-refractivity contribution is 0.140. The summed E-state index contributed by atoms with van der Waals surface area (Å²) in [7, 11) is 0. The Labute approximate surface area is 77.7 Å². The summed E-state index contributed by atoms with van der Waals surface area (Å²) in [5, 5.41) is 0. The number of aromatic nitrogens is 2. The lowest BCUT2D eigenvalue weighted by Crippen LogP contribution is -2.08. The van der Waals surface area contributed by atoms with Gasteiger partial charge in [-0.25, -0.2) is 10.9 Å². The summed E-state index contributed by atoms with van der Waals surface area (Å²) in [5.41, 5.74) is 1.10. The van der Waals surface area contributed by atoms with Crippen LogP contribution in [-0.2, 0) is 24.2 Å². The van der Waals surface area contributed by atoms with Gasteiger partial charge in [0.15, 0.2) is 0 Å². The summed E-state index contributed by atoms with van der Waals surface area (Å²) >= 11 is 0. The molecule has 4 nitrogen and oxygen atoms in total. The van der Waals surface area contributed by atoms with Gasteiger partial charge in [0, 0.05) is 25.6 Å². The number of aryl methyl sites for hydroxylation is 2. The molecule has 0 bridgehead atoms. The van der Waals surface area contributed by atoms with Crippen LogP contribution in [0.15, 0.2) is 6.20 Å². The third-order valence-corrected chi connectivity index (χ3v) is 2.43. The van der Waals surface area contributed by atoms with E-state index in [-0.39, 0.29) is 0 Å². The van der Waals surface area contributed by atoms with Crippen molar-refractivity contribution in [1.82, 2.24) is 9.55 Å². The molecule has 0 spiro atoms. The zero-order valence-corrected chi connectivity index (χ0v) is 7.70. The Bertz CT molecular complexity index is 259. The van der Waals surface area contributed by atoms with Crippen molar-refractivity contribution >= 4 is 0 Å². The molecular formula is C9H15N3O. The van der Waals surface area contributed by atoms with E-state index in [1.807, 2.05) is 0 Å². The largest absolute Gasteiger partial charge is 0.335 e. The Morgan fingerprint density at radius 1 is 1.54 bits per heavy atom. The van der Waals surface area contributed by atoms with Crippen LogP contribution in [0.4, 0.5) is 0 Å². The summed E-state index contributed by atoms with van der Waals surface area (Å²) in [6, 6.07) is 0. The van der Waals surface area contributed by atoms with Crippen molar-refractivity contribution in [1.29, 1.82) is 0 Å². The fraction of sp³-hybridized carbons (Fsp3) is 0.667. The minimum absolute atomic E-state index is 0.552. The fourth-order valence-electron chi connectivity index (χ4n) is 1.76. The first-order valence-corrected chi connectivity index (χ1v) is 4.77. The summed E-state index contributed by atoms with van der Waals surface area (Å²) in [6.07, 6.45) is 6.59. The van der Waals surface area contributed by atoms with Crippen LogP contribution in [0.3, 0.4) is 0 Å². The van der Waals surface area contributed by atoms with Gasteiger partial charge < -0.3 is 9.40 Å². The molecule has 13 heavy (non-hydrogen) atoms. The molecule has 2 N–H and O–H groups in total. The maximum atomic E-state index is 4.96. The van der Waals surface area contributed by atoms with Crippen LogP contribution in [0.2, 0.25) is 0 Å². The van der Waals surface area contributed by atoms with Crippen LogP contribution in [0.1, 0.15) is 24.4 Å². The zero-order valence-electron chi connectivity index (χ0n) is 7.70. The van der Waals surface area contributed by atoms with Gasteiger partial charge in [0.2, 0.25) is 0 Å². The van der Waals surface area contributed by atoms with E-state index < -0.39 is 0 Å². The molecule has 0 unspecified atom stereocenters. The Hall–Kier alpha value is -0.870. The van der Waals surface area contributed by atoms with E-state index in [2.05, 4.69) is 20.6 Å². The van der Waals surface area contributed by atoms with Gasteiger partial charge in [0.1, 0.15) is 5.82 Å². The SMILES string of the molecule is NOCCc1cn2c(n1)CCCC2. The van der Waals surface area contributed by atoms with E-state index in [4.69, 9.17) is 5.90 Å². The monoisotopic (exact) mass is 181 g/mol. The second-order valence-electron chi connectivity index (χ2n) is 3.42. The van der Waals surface area contributed by atoms with E-state index >= 15 is 0 Å². The Morgan fingerprint density at radius 2 is 2.46 bits per heavy atom. The normalized spacial score (nSPS) is 15.8. The van der Waals surface area contributed by atoms with E-state index in [1.165, 1.54) is 18.7 Å². The maximum Gasteiger partial charge on any atom is 0.108 e. The smallest absolute Gasteiger partial charge is 0.108 e. The van der Waals surface area contributed by atoms with Gasteiger partial charge >= 0.3 is 0 Å². The number of hydrogen-bond donors (Lipinski definition) is 1. The van der Waals surface area contributed by atoms with Crippen molar-refractivity contribution in [2.45, 2.75) is 32.2 Å². The van der Waals surface area contributed by atoms with Crippen LogP contribution < -0.4 is 5.90 Å². The van der Waals surface area contributed by atoms with E-state index in [9.17, 15) is 0 Å². The van der Waals surface area contributed by atoms with Crippen LogP contribution in [0, 0.1) is 0 Å². The molecule has 0 saturated heterocycles. The Balaban J connectivity index is 2.07. The summed E-state index contributed by atoms with van der Waals surface area (Å²) in [4.78, 5) is 9.04. The van der Waals surface area contributed by atoms with Gasteiger partial charge in [0.05, 0.1) is 12.3 Å². The van der Waals surface area contributed by atoms with Crippen LogP contribution in [0.25, 0.3) is 0 Å². The van der Waals surface area contributed by atoms with Crippen LogP contribution in [-0.4, -0.2) is 16.2 Å². The minimum Gasteiger partial charge on any atom is -0.335 e. The molecule has 0 aliphatic carbocycles. The Kier molecular flexibility index (Phi) is 2.61. The van der Waals surface area contributed by atoms with Crippen molar-refractivity contribution in [2.75, 3.05) is 6.61 Å². The van der Waals surface area contributed by atoms with Crippen molar-refractivity contribution < 1.29 is 4.84 Å². The molecule has 72 valence electrons. The molecule has 1 aliphatic rings. The summed E-state index contributed by atoms with van der Waals surface area (Å²) in [5.74, 6) is 6.18. The van der Waals surface area contributed by atoms with Crippen LogP contribution in [0.5, 0.6) is 0 Å². The molecule has 2 rings (SSSR count). The number of nitrogens with zero attached hydrogens (tertiary/aromatic N) is 2. The molecule has 1 aromatic heterocycles. The highest BCUT2D eigenvalue weighted by Gasteiger charge is 2.11. The van der Waals surface area contributed by atoms with E-state index in [0.717, 1.165) is 25.1 Å². The third kappa shape index (κ3) is 1.89. The standard InChI is InChI=1S/C9H15N3O/c10-13-6-4-8-7-12-5-2-1-3-9(12)11-8/h7H,1-6,10H2. The van der Waals surface area contributed by atoms with Crippen molar-refractivity contribution in [3.8, 4) is 0 Å². The lowest BCUT2D eigenvalue weighted by Gasteiger charge is -2.11. The van der Waals surface area contributed by atoms with Gasteiger partial charge in [-0.2, -0.15) is 0 Å². The highest BCUT2D eigenvalue weighted by atomic mass is 16.6. The highest BCUT2D eigenvalue weighted by Crippen LogP contribution is 2.14. The molecule has 4 heteroatoms. The summed E-state index contributed by atoms with van der Waals surface area (Å²) in [6.45, 7) is 1.67. The molecule has 0 fully saturated rings. The quantitative estimate of drug-likeness (QED) is 0.697. The third-order valence-electron chi connectivity index (χ3n) is 2.43. The second-order valence-corrected chi connectivity index (χ2v) is 3.42. The van der Waals surface area contributed by atoms with Crippen molar-refractivity contribution in [3.63, 3.8) is 0 Å². The van der Waals surface area contributed by atoms with E-state index in [1.54, 1.807) is 0 Å². The number of imidazole rings is 1. The second kappa shape index (κ2) is 3.89. The predicted octanol–water partition coefficient (Wildman–Crippen LogP) is 0.652. The lowest BCUT2D eigenvalue weighted by atomic mass is 10.2. The molecular weight excluding hydrogens is 166 g/mol. The van der Waals surface area contributed by atoms with Crippen LogP contribution >= 0.6 is 0 Å². The molecule has 0 amide bonds. The average molecular weight is 181 g/mol. The average Bonchev–Trinajstić information content (AvgIpc) is 2.57. The first kappa shape index (κ1) is 8.72. The van der Waals surface area contributed by atoms with Gasteiger partial charge in [0.25, 0.3) is 0 Å². The predicted molar refractivity (Wildman–Crippen MR) is 49.0 cm³/mol. The molecule has 0 atom stereocenters.